The lowest BCUT2D eigenvalue weighted by molar-refractivity contribution is 0.241. The molecule has 1 atom stereocenters. The minimum atomic E-state index is -3.25. The highest BCUT2D eigenvalue weighted by Gasteiger charge is 2.22. The SMILES string of the molecule is CCNC(=NCC1Cc2ccccc2O1)NCCCS(=O)(=O)c1ccccc1.I. The van der Waals surface area contributed by atoms with Crippen LogP contribution >= 0.6 is 24.0 Å². The van der Waals surface area contributed by atoms with Crippen LogP contribution in [0.3, 0.4) is 0 Å². The highest BCUT2D eigenvalue weighted by Crippen LogP contribution is 2.28. The summed E-state index contributed by atoms with van der Waals surface area (Å²) in [7, 11) is -3.25. The second-order valence-electron chi connectivity index (χ2n) is 6.68. The zero-order valence-electron chi connectivity index (χ0n) is 16.5. The van der Waals surface area contributed by atoms with Crippen LogP contribution in [0.5, 0.6) is 5.75 Å². The molecular formula is C21H28IN3O3S. The fourth-order valence-corrected chi connectivity index (χ4v) is 4.44. The Morgan fingerprint density at radius 3 is 2.55 bits per heavy atom. The lowest BCUT2D eigenvalue weighted by Gasteiger charge is -2.13. The normalized spacial score (nSPS) is 15.8. The Balaban J connectivity index is 0.00000300. The highest BCUT2D eigenvalue weighted by atomic mass is 127. The van der Waals surface area contributed by atoms with Crippen molar-refractivity contribution in [2.75, 3.05) is 25.4 Å². The van der Waals surface area contributed by atoms with Crippen LogP contribution in [0.2, 0.25) is 0 Å². The van der Waals surface area contributed by atoms with Crippen LogP contribution in [0.25, 0.3) is 0 Å². The van der Waals surface area contributed by atoms with Crippen molar-refractivity contribution in [2.45, 2.75) is 30.8 Å². The minimum Gasteiger partial charge on any atom is -0.488 e. The van der Waals surface area contributed by atoms with Crippen molar-refractivity contribution in [1.29, 1.82) is 0 Å². The summed E-state index contributed by atoms with van der Waals surface area (Å²) in [5, 5.41) is 6.40. The van der Waals surface area contributed by atoms with E-state index in [9.17, 15) is 8.42 Å². The van der Waals surface area contributed by atoms with E-state index < -0.39 is 9.84 Å². The smallest absolute Gasteiger partial charge is 0.191 e. The zero-order valence-corrected chi connectivity index (χ0v) is 19.7. The summed E-state index contributed by atoms with van der Waals surface area (Å²) < 4.78 is 30.6. The van der Waals surface area contributed by atoms with E-state index in [0.717, 1.165) is 18.7 Å². The Labute approximate surface area is 190 Å². The minimum absolute atomic E-state index is 0. The van der Waals surface area contributed by atoms with Crippen molar-refractivity contribution in [3.05, 3.63) is 60.2 Å². The highest BCUT2D eigenvalue weighted by molar-refractivity contribution is 14.0. The molecule has 1 aliphatic rings. The molecule has 1 unspecified atom stereocenters. The van der Waals surface area contributed by atoms with Gasteiger partial charge in [0.25, 0.3) is 0 Å². The maximum atomic E-state index is 12.3. The molecule has 158 valence electrons. The number of aliphatic imine (C=N–C) groups is 1. The number of para-hydroxylation sites is 1. The standard InChI is InChI=1S/C21H27N3O3S.HI/c1-2-22-21(24-16-18-15-17-9-6-7-12-20(17)27-18)23-13-8-14-28(25,26)19-10-4-3-5-11-19;/h3-7,9-12,18H,2,8,13-16H2,1H3,(H2,22,23,24);1H. The molecule has 2 aromatic carbocycles. The first kappa shape index (κ1) is 23.5. The third kappa shape index (κ3) is 6.88. The summed E-state index contributed by atoms with van der Waals surface area (Å²) >= 11 is 0. The van der Waals surface area contributed by atoms with Crippen LogP contribution < -0.4 is 15.4 Å². The summed E-state index contributed by atoms with van der Waals surface area (Å²) in [5.74, 6) is 1.72. The number of nitrogens with zero attached hydrogens (tertiary/aromatic N) is 1. The van der Waals surface area contributed by atoms with Crippen molar-refractivity contribution in [2.24, 2.45) is 4.99 Å². The Kier molecular flexibility index (Phi) is 9.22. The molecule has 2 aromatic rings. The van der Waals surface area contributed by atoms with Crippen LogP contribution in [0.4, 0.5) is 0 Å². The lowest BCUT2D eigenvalue weighted by Crippen LogP contribution is -2.39. The molecule has 29 heavy (non-hydrogen) atoms. The van der Waals surface area contributed by atoms with E-state index in [1.807, 2.05) is 31.2 Å². The van der Waals surface area contributed by atoms with Gasteiger partial charge in [-0.2, -0.15) is 0 Å². The Hall–Kier alpha value is -1.81. The van der Waals surface area contributed by atoms with E-state index in [1.54, 1.807) is 24.3 Å². The summed E-state index contributed by atoms with van der Waals surface area (Å²) in [6.07, 6.45) is 1.40. The predicted octanol–water partition coefficient (Wildman–Crippen LogP) is 3.03. The first-order valence-corrected chi connectivity index (χ1v) is 11.3. The van der Waals surface area contributed by atoms with Crippen molar-refractivity contribution >= 4 is 39.8 Å². The second kappa shape index (κ2) is 11.4. The van der Waals surface area contributed by atoms with E-state index in [0.29, 0.717) is 30.4 Å². The molecule has 3 rings (SSSR count). The Morgan fingerprint density at radius 2 is 1.83 bits per heavy atom. The zero-order chi connectivity index (χ0) is 19.8. The average molecular weight is 529 g/mol. The first-order chi connectivity index (χ1) is 13.6. The fraction of sp³-hybridized carbons (Fsp3) is 0.381. The first-order valence-electron chi connectivity index (χ1n) is 9.63. The van der Waals surface area contributed by atoms with Gasteiger partial charge in [-0.25, -0.2) is 13.4 Å². The average Bonchev–Trinajstić information content (AvgIpc) is 3.13. The maximum Gasteiger partial charge on any atom is 0.191 e. The van der Waals surface area contributed by atoms with Gasteiger partial charge in [0.1, 0.15) is 11.9 Å². The second-order valence-corrected chi connectivity index (χ2v) is 8.79. The van der Waals surface area contributed by atoms with E-state index in [2.05, 4.69) is 21.7 Å². The van der Waals surface area contributed by atoms with E-state index in [-0.39, 0.29) is 35.8 Å². The van der Waals surface area contributed by atoms with Crippen molar-refractivity contribution in [3.8, 4) is 5.75 Å². The Bertz CT molecular complexity index is 879. The van der Waals surface area contributed by atoms with Crippen LogP contribution in [0.1, 0.15) is 18.9 Å². The number of guanidine groups is 1. The molecule has 0 aliphatic carbocycles. The van der Waals surface area contributed by atoms with E-state index in [1.165, 1.54) is 5.56 Å². The molecule has 0 saturated carbocycles. The number of sulfone groups is 1. The molecule has 0 amide bonds. The molecule has 6 nitrogen and oxygen atoms in total. The molecule has 1 aliphatic heterocycles. The number of hydrogen-bond acceptors (Lipinski definition) is 4. The van der Waals surface area contributed by atoms with Gasteiger partial charge in [-0.3, -0.25) is 0 Å². The van der Waals surface area contributed by atoms with Gasteiger partial charge in [-0.05, 0) is 37.1 Å². The monoisotopic (exact) mass is 529 g/mol. The molecule has 0 fully saturated rings. The van der Waals surface area contributed by atoms with Crippen LogP contribution in [-0.4, -0.2) is 45.9 Å². The molecule has 0 saturated heterocycles. The van der Waals surface area contributed by atoms with Gasteiger partial charge in [-0.1, -0.05) is 36.4 Å². The summed E-state index contributed by atoms with van der Waals surface area (Å²) in [6, 6.07) is 16.6. The van der Waals surface area contributed by atoms with E-state index >= 15 is 0 Å². The van der Waals surface area contributed by atoms with Gasteiger partial charge in [0, 0.05) is 19.5 Å². The molecule has 2 N–H and O–H groups in total. The third-order valence-electron chi connectivity index (χ3n) is 4.50. The predicted molar refractivity (Wildman–Crippen MR) is 127 cm³/mol. The molecule has 8 heteroatoms. The maximum absolute atomic E-state index is 12.3. The van der Waals surface area contributed by atoms with Crippen LogP contribution in [0.15, 0.2) is 64.5 Å². The van der Waals surface area contributed by atoms with Crippen molar-refractivity contribution in [3.63, 3.8) is 0 Å². The van der Waals surface area contributed by atoms with Crippen LogP contribution in [-0.2, 0) is 16.3 Å². The number of fused-ring (bicyclic) bond motifs is 1. The van der Waals surface area contributed by atoms with Gasteiger partial charge < -0.3 is 15.4 Å². The quantitative estimate of drug-likeness (QED) is 0.238. The number of nitrogens with one attached hydrogen (secondary N) is 2. The Morgan fingerprint density at radius 1 is 1.10 bits per heavy atom. The van der Waals surface area contributed by atoms with Crippen LogP contribution in [0, 0.1) is 0 Å². The third-order valence-corrected chi connectivity index (χ3v) is 6.31. The molecule has 0 bridgehead atoms. The van der Waals surface area contributed by atoms with Crippen molar-refractivity contribution < 1.29 is 13.2 Å². The number of ether oxygens (including phenoxy) is 1. The molecule has 1 heterocycles. The lowest BCUT2D eigenvalue weighted by atomic mass is 10.1. The van der Waals surface area contributed by atoms with Crippen molar-refractivity contribution in [1.82, 2.24) is 10.6 Å². The molecule has 0 spiro atoms. The number of halogens is 1. The summed E-state index contributed by atoms with van der Waals surface area (Å²) in [6.45, 7) is 3.81. The molecule has 0 aromatic heterocycles. The molecular weight excluding hydrogens is 501 g/mol. The van der Waals surface area contributed by atoms with Gasteiger partial charge in [-0.15, -0.1) is 24.0 Å². The van der Waals surface area contributed by atoms with Gasteiger partial charge >= 0.3 is 0 Å². The molecule has 0 radical (unpaired) electrons. The van der Waals surface area contributed by atoms with Gasteiger partial charge in [0.2, 0.25) is 0 Å². The summed E-state index contributed by atoms with van der Waals surface area (Å²) in [4.78, 5) is 4.96. The van der Waals surface area contributed by atoms with E-state index in [4.69, 9.17) is 4.74 Å². The summed E-state index contributed by atoms with van der Waals surface area (Å²) in [5.41, 5.74) is 1.21. The number of benzene rings is 2. The van der Waals surface area contributed by atoms with Gasteiger partial charge in [0.15, 0.2) is 15.8 Å². The largest absolute Gasteiger partial charge is 0.488 e. The van der Waals surface area contributed by atoms with Gasteiger partial charge in [0.05, 0.1) is 17.2 Å². The topological polar surface area (TPSA) is 79.8 Å². The number of rotatable bonds is 8. The fourth-order valence-electron chi connectivity index (χ4n) is 3.11. The number of hydrogen-bond donors (Lipinski definition) is 2.